The molecular weight excluding hydrogens is 140 g/mol. The van der Waals surface area contributed by atoms with Gasteiger partial charge in [0, 0.05) is 0 Å². The molecule has 64 valence electrons. The molecule has 0 atom stereocenters. The molecule has 0 aliphatic rings. The lowest BCUT2D eigenvalue weighted by molar-refractivity contribution is 0.554. The second-order valence-electron chi connectivity index (χ2n) is 2.14. The number of rotatable bonds is 4. The van der Waals surface area contributed by atoms with Crippen molar-refractivity contribution in [3.05, 3.63) is 0 Å². The lowest BCUT2D eigenvalue weighted by atomic mass is 10.1. The van der Waals surface area contributed by atoms with Crippen LogP contribution in [0, 0.1) is 5.92 Å². The van der Waals surface area contributed by atoms with Crippen molar-refractivity contribution in [1.29, 1.82) is 0 Å². The minimum Gasteiger partial charge on any atom is -0.165 e. The Hall–Kier alpha value is 0.350. The minimum absolute atomic E-state index is 0.963. The molecule has 0 radical (unpaired) electrons. The van der Waals surface area contributed by atoms with Gasteiger partial charge in [-0.3, -0.25) is 0 Å². The van der Waals surface area contributed by atoms with Gasteiger partial charge in [0.05, 0.1) is 0 Å². The van der Waals surface area contributed by atoms with Crippen molar-refractivity contribution in [1.82, 2.24) is 0 Å². The van der Waals surface area contributed by atoms with E-state index in [2.05, 4.69) is 20.1 Å². The lowest BCUT2D eigenvalue weighted by Crippen LogP contribution is -1.98. The summed E-state index contributed by atoms with van der Waals surface area (Å²) < 4.78 is 0. The van der Waals surface area contributed by atoms with Crippen LogP contribution >= 0.6 is 11.8 Å². The molecule has 0 aliphatic carbocycles. The molecule has 1 heteroatoms. The molecule has 0 rings (SSSR count). The molecule has 0 fully saturated rings. The van der Waals surface area contributed by atoms with Gasteiger partial charge in [0.25, 0.3) is 0 Å². The Bertz CT molecular complexity index is 40.0. The Kier molecular flexibility index (Phi) is 15.7. The van der Waals surface area contributed by atoms with Crippen LogP contribution in [0.3, 0.4) is 0 Å². The summed E-state index contributed by atoms with van der Waals surface area (Å²) in [5.41, 5.74) is 0. The van der Waals surface area contributed by atoms with Crippen molar-refractivity contribution in [2.45, 2.75) is 40.5 Å². The van der Waals surface area contributed by atoms with E-state index in [4.69, 9.17) is 0 Å². The third kappa shape index (κ3) is 8.35. The van der Waals surface area contributed by atoms with Gasteiger partial charge in [-0.2, -0.15) is 11.8 Å². The highest BCUT2D eigenvalue weighted by Crippen LogP contribution is 2.12. The molecule has 0 amide bonds. The Morgan fingerprint density at radius 3 is 1.60 bits per heavy atom. The van der Waals surface area contributed by atoms with Gasteiger partial charge in [0.1, 0.15) is 0 Å². The van der Waals surface area contributed by atoms with Crippen LogP contribution in [-0.2, 0) is 0 Å². The van der Waals surface area contributed by atoms with Crippen LogP contribution in [-0.4, -0.2) is 12.0 Å². The zero-order chi connectivity index (χ0) is 8.41. The summed E-state index contributed by atoms with van der Waals surface area (Å²) in [7, 11) is 0. The van der Waals surface area contributed by atoms with Gasteiger partial charge in [-0.05, 0) is 17.9 Å². The van der Waals surface area contributed by atoms with Gasteiger partial charge in [-0.15, -0.1) is 0 Å². The first-order valence-electron chi connectivity index (χ1n) is 4.34. The predicted molar refractivity (Wildman–Crippen MR) is 53.8 cm³/mol. The van der Waals surface area contributed by atoms with Gasteiger partial charge in [-0.1, -0.05) is 40.5 Å². The number of thioether (sulfide) groups is 1. The number of hydrogen-bond acceptors (Lipinski definition) is 1. The first-order valence-corrected chi connectivity index (χ1v) is 5.73. The van der Waals surface area contributed by atoms with E-state index in [-0.39, 0.29) is 0 Å². The fourth-order valence-electron chi connectivity index (χ4n) is 0.760. The molecule has 0 bridgehead atoms. The Morgan fingerprint density at radius 2 is 1.50 bits per heavy atom. The maximum absolute atomic E-state index is 2.27. The molecule has 0 nitrogen and oxygen atoms in total. The van der Waals surface area contributed by atoms with Crippen LogP contribution in [0.5, 0.6) is 0 Å². The molecule has 0 aliphatic heterocycles. The summed E-state index contributed by atoms with van der Waals surface area (Å²) in [4.78, 5) is 0. The molecule has 10 heavy (non-hydrogen) atoms. The van der Waals surface area contributed by atoms with Crippen molar-refractivity contribution < 1.29 is 0 Å². The normalized spacial score (nSPS) is 9.00. The van der Waals surface area contributed by atoms with Crippen LogP contribution in [0.15, 0.2) is 0 Å². The molecular formula is C9H22S. The fourth-order valence-corrected chi connectivity index (χ4v) is 1.70. The van der Waals surface area contributed by atoms with Gasteiger partial charge in [-0.25, -0.2) is 0 Å². The van der Waals surface area contributed by atoms with E-state index in [1.807, 2.05) is 25.6 Å². The smallest absolute Gasteiger partial charge is 0.00421 e. The highest BCUT2D eigenvalue weighted by molar-refractivity contribution is 7.98. The highest BCUT2D eigenvalue weighted by atomic mass is 32.2. The van der Waals surface area contributed by atoms with E-state index >= 15 is 0 Å². The fraction of sp³-hybridized carbons (Fsp3) is 1.00. The number of hydrogen-bond donors (Lipinski definition) is 0. The molecule has 0 aromatic rings. The molecule has 0 aromatic heterocycles. The zero-order valence-electron chi connectivity index (χ0n) is 8.11. The maximum Gasteiger partial charge on any atom is -0.00421 e. The SMILES string of the molecule is CC.CCC(CC)CSC. The highest BCUT2D eigenvalue weighted by Gasteiger charge is 1.99. The van der Waals surface area contributed by atoms with Crippen LogP contribution in [0.4, 0.5) is 0 Å². The van der Waals surface area contributed by atoms with Crippen LogP contribution in [0.25, 0.3) is 0 Å². The maximum atomic E-state index is 2.27. The largest absolute Gasteiger partial charge is 0.165 e. The van der Waals surface area contributed by atoms with Crippen molar-refractivity contribution in [3.63, 3.8) is 0 Å². The summed E-state index contributed by atoms with van der Waals surface area (Å²) in [5.74, 6) is 2.30. The van der Waals surface area contributed by atoms with Crippen molar-refractivity contribution in [2.24, 2.45) is 5.92 Å². The van der Waals surface area contributed by atoms with Crippen LogP contribution in [0.2, 0.25) is 0 Å². The van der Waals surface area contributed by atoms with Crippen LogP contribution in [0.1, 0.15) is 40.5 Å². The van der Waals surface area contributed by atoms with E-state index in [0.29, 0.717) is 0 Å². The topological polar surface area (TPSA) is 0 Å². The molecule has 0 unspecified atom stereocenters. The quantitative estimate of drug-likeness (QED) is 0.605. The van der Waals surface area contributed by atoms with Crippen LogP contribution < -0.4 is 0 Å². The monoisotopic (exact) mass is 162 g/mol. The Labute approximate surface area is 70.8 Å². The summed E-state index contributed by atoms with van der Waals surface area (Å²) in [5, 5.41) is 0. The summed E-state index contributed by atoms with van der Waals surface area (Å²) in [6, 6.07) is 0. The second kappa shape index (κ2) is 12.1. The summed E-state index contributed by atoms with van der Waals surface area (Å²) in [6.07, 6.45) is 4.87. The van der Waals surface area contributed by atoms with E-state index in [1.165, 1.54) is 18.6 Å². The summed E-state index contributed by atoms with van der Waals surface area (Å²) in [6.45, 7) is 8.54. The first kappa shape index (κ1) is 13.0. The standard InChI is InChI=1S/C7H16S.C2H6/c1-4-7(5-2)6-8-3;1-2/h7H,4-6H2,1-3H3;1-2H3. The third-order valence-corrected chi connectivity index (χ3v) is 2.36. The first-order chi connectivity index (χ1) is 4.85. The van der Waals surface area contributed by atoms with Crippen molar-refractivity contribution in [2.75, 3.05) is 12.0 Å². The predicted octanol–water partition coefficient (Wildman–Crippen LogP) is 3.81. The van der Waals surface area contributed by atoms with Crippen molar-refractivity contribution >= 4 is 11.8 Å². The molecule has 0 saturated carbocycles. The molecule has 0 N–H and O–H groups in total. The molecule has 0 aromatic carbocycles. The molecule has 0 heterocycles. The summed E-state index contributed by atoms with van der Waals surface area (Å²) >= 11 is 1.96. The lowest BCUT2D eigenvalue weighted by Gasteiger charge is -2.07. The third-order valence-electron chi connectivity index (χ3n) is 1.56. The van der Waals surface area contributed by atoms with Crippen molar-refractivity contribution in [3.8, 4) is 0 Å². The van der Waals surface area contributed by atoms with Gasteiger partial charge in [0.15, 0.2) is 0 Å². The van der Waals surface area contributed by atoms with E-state index in [9.17, 15) is 0 Å². The van der Waals surface area contributed by atoms with Gasteiger partial charge >= 0.3 is 0 Å². The van der Waals surface area contributed by atoms with E-state index in [0.717, 1.165) is 5.92 Å². The van der Waals surface area contributed by atoms with E-state index < -0.39 is 0 Å². The van der Waals surface area contributed by atoms with E-state index in [1.54, 1.807) is 0 Å². The van der Waals surface area contributed by atoms with Gasteiger partial charge in [0.2, 0.25) is 0 Å². The zero-order valence-corrected chi connectivity index (χ0v) is 8.92. The molecule has 0 saturated heterocycles. The average Bonchev–Trinajstić information content (AvgIpc) is 2.04. The Balaban J connectivity index is 0. The molecule has 0 spiro atoms. The Morgan fingerprint density at radius 1 is 1.10 bits per heavy atom. The average molecular weight is 162 g/mol. The van der Waals surface area contributed by atoms with Gasteiger partial charge < -0.3 is 0 Å². The second-order valence-corrected chi connectivity index (χ2v) is 3.05. The minimum atomic E-state index is 0.963.